The number of aryl methyl sites for hydroxylation is 1. The van der Waals surface area contributed by atoms with Crippen LogP contribution in [0.2, 0.25) is 0 Å². The van der Waals surface area contributed by atoms with Gasteiger partial charge >= 0.3 is 12.1 Å². The fourth-order valence-corrected chi connectivity index (χ4v) is 3.67. The summed E-state index contributed by atoms with van der Waals surface area (Å²) in [5.74, 6) is 0. The lowest BCUT2D eigenvalue weighted by atomic mass is 10.2. The molecule has 4 amide bonds. The first kappa shape index (κ1) is 17.6. The van der Waals surface area contributed by atoms with Gasteiger partial charge in [-0.3, -0.25) is 0 Å². The summed E-state index contributed by atoms with van der Waals surface area (Å²) in [5.41, 5.74) is 2.36. The summed E-state index contributed by atoms with van der Waals surface area (Å²) in [7, 11) is 0. The highest BCUT2D eigenvalue weighted by molar-refractivity contribution is 5.93. The van der Waals surface area contributed by atoms with Crippen LogP contribution in [0, 0.1) is 6.92 Å². The minimum atomic E-state index is -0.183. The van der Waals surface area contributed by atoms with Gasteiger partial charge in [0.25, 0.3) is 0 Å². The molecule has 0 atom stereocenters. The van der Waals surface area contributed by atoms with E-state index in [0.29, 0.717) is 11.4 Å². The number of urea groups is 2. The maximum Gasteiger partial charge on any atom is 0.319 e. The fraction of sp³-hybridized carbons (Fsp3) is 0.579. The topological polar surface area (TPSA) is 82.3 Å². The minimum Gasteiger partial charge on any atom is -0.335 e. The van der Waals surface area contributed by atoms with E-state index in [-0.39, 0.29) is 24.1 Å². The van der Waals surface area contributed by atoms with Crippen LogP contribution in [-0.2, 0) is 0 Å². The molecule has 1 aromatic rings. The highest BCUT2D eigenvalue weighted by atomic mass is 16.2. The van der Waals surface area contributed by atoms with Crippen LogP contribution in [-0.4, -0.2) is 24.1 Å². The van der Waals surface area contributed by atoms with Gasteiger partial charge < -0.3 is 21.3 Å². The Labute approximate surface area is 149 Å². The Morgan fingerprint density at radius 2 is 1.36 bits per heavy atom. The lowest BCUT2D eigenvalue weighted by Gasteiger charge is -2.16. The third-order valence-corrected chi connectivity index (χ3v) is 5.12. The van der Waals surface area contributed by atoms with Crippen molar-refractivity contribution in [2.75, 3.05) is 10.6 Å². The fourth-order valence-electron chi connectivity index (χ4n) is 3.67. The van der Waals surface area contributed by atoms with Gasteiger partial charge in [-0.1, -0.05) is 31.7 Å². The Balaban J connectivity index is 1.55. The van der Waals surface area contributed by atoms with E-state index in [1.54, 1.807) is 6.07 Å². The van der Waals surface area contributed by atoms with Crippen molar-refractivity contribution in [2.45, 2.75) is 70.4 Å². The van der Waals surface area contributed by atoms with Crippen LogP contribution in [0.5, 0.6) is 0 Å². The van der Waals surface area contributed by atoms with Crippen LogP contribution in [0.4, 0.5) is 21.0 Å². The molecule has 6 heteroatoms. The van der Waals surface area contributed by atoms with Crippen molar-refractivity contribution in [3.63, 3.8) is 0 Å². The number of carbonyl (C=O) groups excluding carboxylic acids is 2. The zero-order valence-corrected chi connectivity index (χ0v) is 14.9. The Bertz CT molecular complexity index is 620. The Hall–Kier alpha value is -2.24. The molecule has 2 saturated carbocycles. The molecule has 3 rings (SSSR count). The molecule has 2 fully saturated rings. The molecule has 4 N–H and O–H groups in total. The molecule has 136 valence electrons. The largest absolute Gasteiger partial charge is 0.335 e. The molecule has 0 unspecified atom stereocenters. The normalized spacial score (nSPS) is 18.1. The Morgan fingerprint density at radius 3 is 1.92 bits per heavy atom. The minimum absolute atomic E-state index is 0.178. The van der Waals surface area contributed by atoms with Gasteiger partial charge in [-0.15, -0.1) is 0 Å². The second kappa shape index (κ2) is 8.23. The van der Waals surface area contributed by atoms with Crippen LogP contribution in [0.25, 0.3) is 0 Å². The van der Waals surface area contributed by atoms with Gasteiger partial charge in [-0.2, -0.15) is 0 Å². The maximum absolute atomic E-state index is 12.2. The highest BCUT2D eigenvalue weighted by Gasteiger charge is 2.18. The van der Waals surface area contributed by atoms with E-state index in [2.05, 4.69) is 21.3 Å². The van der Waals surface area contributed by atoms with Crippen molar-refractivity contribution in [1.82, 2.24) is 10.6 Å². The summed E-state index contributed by atoms with van der Waals surface area (Å²) in [6.07, 6.45) is 8.92. The molecule has 0 saturated heterocycles. The predicted octanol–water partition coefficient (Wildman–Crippen LogP) is 4.12. The summed E-state index contributed by atoms with van der Waals surface area (Å²) in [6.45, 7) is 1.94. The Morgan fingerprint density at radius 1 is 0.840 bits per heavy atom. The molecular formula is C19H28N4O2. The quantitative estimate of drug-likeness (QED) is 0.662. The average Bonchev–Trinajstić information content (AvgIpc) is 3.24. The number of nitrogens with one attached hydrogen (secondary N) is 4. The first-order chi connectivity index (χ1) is 12.1. The molecule has 6 nitrogen and oxygen atoms in total. The molecule has 0 bridgehead atoms. The number of hydrogen-bond donors (Lipinski definition) is 4. The summed E-state index contributed by atoms with van der Waals surface area (Å²) in [6, 6.07) is 5.75. The van der Waals surface area contributed by atoms with Crippen molar-refractivity contribution in [2.24, 2.45) is 0 Å². The van der Waals surface area contributed by atoms with Gasteiger partial charge in [-0.25, -0.2) is 9.59 Å². The van der Waals surface area contributed by atoms with Crippen LogP contribution >= 0.6 is 0 Å². The van der Waals surface area contributed by atoms with Crippen molar-refractivity contribution >= 4 is 23.4 Å². The van der Waals surface area contributed by atoms with Crippen LogP contribution in [0.3, 0.4) is 0 Å². The number of carbonyl (C=O) groups is 2. The van der Waals surface area contributed by atoms with Gasteiger partial charge in [0.1, 0.15) is 0 Å². The van der Waals surface area contributed by atoms with Crippen LogP contribution in [0.1, 0.15) is 56.9 Å². The van der Waals surface area contributed by atoms with Gasteiger partial charge in [0.05, 0.1) is 0 Å². The van der Waals surface area contributed by atoms with Crippen LogP contribution in [0.15, 0.2) is 18.2 Å². The van der Waals surface area contributed by atoms with E-state index >= 15 is 0 Å². The monoisotopic (exact) mass is 344 g/mol. The SMILES string of the molecule is Cc1ccc(NC(=O)NC2CCCC2)cc1NC(=O)NC1CCCC1. The van der Waals surface area contributed by atoms with Gasteiger partial charge in [-0.05, 0) is 50.3 Å². The highest BCUT2D eigenvalue weighted by Crippen LogP contribution is 2.22. The number of benzene rings is 1. The molecule has 25 heavy (non-hydrogen) atoms. The van der Waals surface area contributed by atoms with Crippen molar-refractivity contribution < 1.29 is 9.59 Å². The second-order valence-corrected chi connectivity index (χ2v) is 7.19. The Kier molecular flexibility index (Phi) is 5.79. The predicted molar refractivity (Wildman–Crippen MR) is 100.0 cm³/mol. The summed E-state index contributed by atoms with van der Waals surface area (Å²) in [4.78, 5) is 24.3. The lowest BCUT2D eigenvalue weighted by molar-refractivity contribution is 0.248. The van der Waals surface area contributed by atoms with Crippen LogP contribution < -0.4 is 21.3 Å². The molecule has 2 aliphatic carbocycles. The number of anilines is 2. The van der Waals surface area contributed by atoms with E-state index in [1.165, 1.54) is 25.7 Å². The standard InChI is InChI=1S/C19H28N4O2/c1-13-10-11-16(22-18(24)20-14-6-2-3-7-14)12-17(13)23-19(25)21-15-8-4-5-9-15/h10-12,14-15H,2-9H2,1H3,(H2,20,22,24)(H2,21,23,25). The van der Waals surface area contributed by atoms with E-state index in [0.717, 1.165) is 31.2 Å². The molecule has 2 aliphatic rings. The van der Waals surface area contributed by atoms with Gasteiger partial charge in [0.15, 0.2) is 0 Å². The van der Waals surface area contributed by atoms with E-state index < -0.39 is 0 Å². The third kappa shape index (κ3) is 5.11. The molecule has 0 aromatic heterocycles. The summed E-state index contributed by atoms with van der Waals surface area (Å²) in [5, 5.41) is 11.8. The number of amides is 4. The summed E-state index contributed by atoms with van der Waals surface area (Å²) >= 11 is 0. The van der Waals surface area contributed by atoms with Crippen molar-refractivity contribution in [1.29, 1.82) is 0 Å². The average molecular weight is 344 g/mol. The first-order valence-corrected chi connectivity index (χ1v) is 9.36. The summed E-state index contributed by atoms with van der Waals surface area (Å²) < 4.78 is 0. The van der Waals surface area contributed by atoms with Crippen molar-refractivity contribution in [3.8, 4) is 0 Å². The van der Waals surface area contributed by atoms with Gasteiger partial charge in [0, 0.05) is 23.5 Å². The lowest BCUT2D eigenvalue weighted by Crippen LogP contribution is -2.36. The number of hydrogen-bond acceptors (Lipinski definition) is 2. The molecule has 0 spiro atoms. The molecule has 0 heterocycles. The molecule has 0 aliphatic heterocycles. The molecule has 0 radical (unpaired) electrons. The first-order valence-electron chi connectivity index (χ1n) is 9.36. The molecule has 1 aromatic carbocycles. The zero-order valence-electron chi connectivity index (χ0n) is 14.9. The van der Waals surface area contributed by atoms with E-state index in [4.69, 9.17) is 0 Å². The number of rotatable bonds is 4. The van der Waals surface area contributed by atoms with Gasteiger partial charge in [0.2, 0.25) is 0 Å². The molecular weight excluding hydrogens is 316 g/mol. The zero-order chi connectivity index (χ0) is 17.6. The smallest absolute Gasteiger partial charge is 0.319 e. The van der Waals surface area contributed by atoms with E-state index in [1.807, 2.05) is 19.1 Å². The third-order valence-electron chi connectivity index (χ3n) is 5.12. The van der Waals surface area contributed by atoms with E-state index in [9.17, 15) is 9.59 Å². The maximum atomic E-state index is 12.2. The second-order valence-electron chi connectivity index (χ2n) is 7.19. The van der Waals surface area contributed by atoms with Crippen molar-refractivity contribution in [3.05, 3.63) is 23.8 Å².